The van der Waals surface area contributed by atoms with Gasteiger partial charge in [0.25, 0.3) is 0 Å². The van der Waals surface area contributed by atoms with Gasteiger partial charge in [-0.2, -0.15) is 0 Å². The summed E-state index contributed by atoms with van der Waals surface area (Å²) in [6, 6.07) is 50.9. The summed E-state index contributed by atoms with van der Waals surface area (Å²) in [6.07, 6.45) is 17.2. The van der Waals surface area contributed by atoms with Gasteiger partial charge in [-0.1, -0.05) is 104 Å². The first-order valence-corrected chi connectivity index (χ1v) is 22.9. The summed E-state index contributed by atoms with van der Waals surface area (Å²) in [7, 11) is 0. The molecule has 0 heterocycles. The van der Waals surface area contributed by atoms with Crippen molar-refractivity contribution in [2.45, 2.75) is 87.9 Å². The van der Waals surface area contributed by atoms with Gasteiger partial charge in [0.1, 0.15) is 0 Å². The molecule has 10 atom stereocenters. The monoisotopic (exact) mass is 739 g/mol. The van der Waals surface area contributed by atoms with Crippen molar-refractivity contribution in [1.29, 1.82) is 0 Å². The zero-order valence-corrected chi connectivity index (χ0v) is 33.2. The zero-order chi connectivity index (χ0) is 37.0. The SMILES string of the molecule is c1ccc2c(c1)-c1cc(N(c3ccc4c(c3)C3(c5ccccc5-4)C4CCC5CC(C4)CC3C5)c3ccc4ccccc4c3)ccc1C21C2CCC3CC(C2)CC1C3. The lowest BCUT2D eigenvalue weighted by atomic mass is 9.51. The highest BCUT2D eigenvalue weighted by molar-refractivity contribution is 5.93. The molecule has 8 fully saturated rings. The highest BCUT2D eigenvalue weighted by Gasteiger charge is 2.61. The van der Waals surface area contributed by atoms with Crippen LogP contribution in [0.5, 0.6) is 0 Å². The van der Waals surface area contributed by atoms with Crippen molar-refractivity contribution in [3.05, 3.63) is 150 Å². The molecule has 2 spiro atoms. The van der Waals surface area contributed by atoms with Crippen molar-refractivity contribution >= 4 is 27.8 Å². The van der Waals surface area contributed by atoms with Gasteiger partial charge in [-0.05, 0) is 203 Å². The van der Waals surface area contributed by atoms with Crippen molar-refractivity contribution in [3.8, 4) is 22.3 Å². The number of hydrogen-bond acceptors (Lipinski definition) is 1. The van der Waals surface area contributed by atoms with Gasteiger partial charge in [0, 0.05) is 27.9 Å². The van der Waals surface area contributed by atoms with Crippen LogP contribution in [-0.2, 0) is 10.8 Å². The molecule has 0 amide bonds. The predicted octanol–water partition coefficient (Wildman–Crippen LogP) is 14.5. The zero-order valence-electron chi connectivity index (χ0n) is 33.2. The highest BCUT2D eigenvalue weighted by Crippen LogP contribution is 2.70. The molecule has 57 heavy (non-hydrogen) atoms. The van der Waals surface area contributed by atoms with Crippen LogP contribution in [0.1, 0.15) is 99.3 Å². The van der Waals surface area contributed by atoms with Crippen LogP contribution in [0.15, 0.2) is 127 Å². The third-order valence-corrected chi connectivity index (χ3v) is 18.2. The lowest BCUT2D eigenvalue weighted by Crippen LogP contribution is -2.48. The Kier molecular flexibility index (Phi) is 6.54. The Balaban J connectivity index is 0.984. The molecule has 0 aliphatic heterocycles. The molecule has 0 radical (unpaired) electrons. The van der Waals surface area contributed by atoms with E-state index in [2.05, 4.69) is 132 Å². The molecule has 6 aromatic rings. The minimum atomic E-state index is 0.129. The lowest BCUT2D eigenvalue weighted by Gasteiger charge is -2.53. The normalized spacial score (nSPS) is 34.3. The molecule has 10 unspecified atom stereocenters. The molecule has 8 bridgehead atoms. The van der Waals surface area contributed by atoms with Gasteiger partial charge in [0.05, 0.1) is 0 Å². The molecule has 282 valence electrons. The van der Waals surface area contributed by atoms with E-state index in [1.54, 1.807) is 22.3 Å². The van der Waals surface area contributed by atoms with Crippen LogP contribution in [0, 0.1) is 47.3 Å². The van der Waals surface area contributed by atoms with Gasteiger partial charge in [-0.25, -0.2) is 0 Å². The Bertz CT molecular complexity index is 2630. The summed E-state index contributed by atoms with van der Waals surface area (Å²) in [4.78, 5) is 2.64. The summed E-state index contributed by atoms with van der Waals surface area (Å²) in [5.41, 5.74) is 16.8. The fraction of sp³-hybridized carbons (Fsp3) is 0.393. The van der Waals surface area contributed by atoms with E-state index in [-0.39, 0.29) is 10.8 Å². The first-order chi connectivity index (χ1) is 28.2. The predicted molar refractivity (Wildman–Crippen MR) is 234 cm³/mol. The van der Waals surface area contributed by atoms with Crippen molar-refractivity contribution in [2.24, 2.45) is 47.3 Å². The molecule has 6 aromatic carbocycles. The first kappa shape index (κ1) is 32.3. The number of hydrogen-bond donors (Lipinski definition) is 0. The number of nitrogens with zero attached hydrogens (tertiary/aromatic N) is 1. The topological polar surface area (TPSA) is 3.24 Å². The molecule has 10 aliphatic rings. The molecule has 8 saturated carbocycles. The van der Waals surface area contributed by atoms with Crippen LogP contribution < -0.4 is 4.90 Å². The third kappa shape index (κ3) is 4.17. The standard InChI is InChI=1S/C56H53N/c1-2-8-39-31-44(18-15-38(39)7-1)57(45-20-22-53-50(32-45)48-10-4-6-12-52(48)55(53)40-16-13-34-23-36(27-40)29-42(55)25-34)46-19-21-49-47-9-3-5-11-51(47)56(54(49)33-46)41-17-14-35-24-37(28-41)30-43(56)26-35/h1-12,15,18-22,31-37,40-43H,13-14,16-17,23-30H2. The van der Waals surface area contributed by atoms with Crippen LogP contribution in [-0.4, -0.2) is 0 Å². The second-order valence-corrected chi connectivity index (χ2v) is 20.4. The molecule has 16 rings (SSSR count). The van der Waals surface area contributed by atoms with Crippen LogP contribution in [0.3, 0.4) is 0 Å². The third-order valence-electron chi connectivity index (χ3n) is 18.2. The average molecular weight is 740 g/mol. The van der Waals surface area contributed by atoms with Crippen LogP contribution in [0.4, 0.5) is 17.1 Å². The maximum atomic E-state index is 2.71. The van der Waals surface area contributed by atoms with Gasteiger partial charge >= 0.3 is 0 Å². The number of benzene rings is 6. The van der Waals surface area contributed by atoms with Crippen LogP contribution in [0.2, 0.25) is 0 Å². The quantitative estimate of drug-likeness (QED) is 0.175. The fourth-order valence-electron chi connectivity index (χ4n) is 16.6. The largest absolute Gasteiger partial charge is 0.310 e. The van der Waals surface area contributed by atoms with Crippen molar-refractivity contribution in [2.75, 3.05) is 4.90 Å². The van der Waals surface area contributed by atoms with E-state index in [9.17, 15) is 0 Å². The summed E-state index contributed by atoms with van der Waals surface area (Å²) in [5, 5.41) is 2.61. The second-order valence-electron chi connectivity index (χ2n) is 20.4. The number of fused-ring (bicyclic) bond motifs is 9. The molecule has 1 heteroatoms. The molecule has 1 nitrogen and oxygen atoms in total. The number of rotatable bonds is 3. The highest BCUT2D eigenvalue weighted by atomic mass is 15.1. The van der Waals surface area contributed by atoms with E-state index in [1.165, 1.54) is 127 Å². The average Bonchev–Trinajstić information content (AvgIpc) is 3.46. The molecule has 0 N–H and O–H groups in total. The minimum absolute atomic E-state index is 0.129. The van der Waals surface area contributed by atoms with Gasteiger partial charge in [-0.3, -0.25) is 0 Å². The molecule has 10 aliphatic carbocycles. The Morgan fingerprint density at radius 3 is 1.54 bits per heavy atom. The van der Waals surface area contributed by atoms with Gasteiger partial charge < -0.3 is 4.90 Å². The number of anilines is 3. The minimum Gasteiger partial charge on any atom is -0.310 e. The van der Waals surface area contributed by atoms with E-state index in [4.69, 9.17) is 0 Å². The lowest BCUT2D eigenvalue weighted by molar-refractivity contribution is 0.0617. The van der Waals surface area contributed by atoms with E-state index in [0.717, 1.165) is 47.3 Å². The second kappa shape index (κ2) is 11.5. The van der Waals surface area contributed by atoms with Gasteiger partial charge in [-0.15, -0.1) is 0 Å². The Morgan fingerprint density at radius 2 is 0.825 bits per heavy atom. The molecule has 0 saturated heterocycles. The van der Waals surface area contributed by atoms with E-state index >= 15 is 0 Å². The smallest absolute Gasteiger partial charge is 0.0468 e. The van der Waals surface area contributed by atoms with Gasteiger partial charge in [0.15, 0.2) is 0 Å². The Labute approximate surface area is 338 Å². The maximum Gasteiger partial charge on any atom is 0.0468 e. The maximum absolute atomic E-state index is 2.71. The van der Waals surface area contributed by atoms with Crippen LogP contribution in [0.25, 0.3) is 33.0 Å². The first-order valence-electron chi connectivity index (χ1n) is 22.9. The molecular formula is C56H53N. The van der Waals surface area contributed by atoms with Crippen molar-refractivity contribution in [1.82, 2.24) is 0 Å². The summed E-state index contributed by atoms with van der Waals surface area (Å²) < 4.78 is 0. The van der Waals surface area contributed by atoms with Crippen LogP contribution >= 0.6 is 0 Å². The van der Waals surface area contributed by atoms with Crippen molar-refractivity contribution in [3.63, 3.8) is 0 Å². The Morgan fingerprint density at radius 1 is 0.333 bits per heavy atom. The van der Waals surface area contributed by atoms with E-state index in [0.29, 0.717) is 0 Å². The summed E-state index contributed by atoms with van der Waals surface area (Å²) in [5.74, 6) is 6.74. The Hall–Kier alpha value is -4.62. The van der Waals surface area contributed by atoms with E-state index < -0.39 is 0 Å². The molecular weight excluding hydrogens is 687 g/mol. The summed E-state index contributed by atoms with van der Waals surface area (Å²) in [6.45, 7) is 0. The summed E-state index contributed by atoms with van der Waals surface area (Å²) >= 11 is 0. The van der Waals surface area contributed by atoms with Crippen molar-refractivity contribution < 1.29 is 0 Å². The fourth-order valence-corrected chi connectivity index (χ4v) is 16.6. The van der Waals surface area contributed by atoms with Gasteiger partial charge in [0.2, 0.25) is 0 Å². The van der Waals surface area contributed by atoms with E-state index in [1.807, 2.05) is 0 Å². The molecule has 0 aromatic heterocycles.